The molecule has 4 aliphatic heterocycles. The lowest BCUT2D eigenvalue weighted by atomic mass is 9.91. The molecule has 4 aliphatic rings. The molecular formula is C33H46ClN7O3S. The van der Waals surface area contributed by atoms with Crippen molar-refractivity contribution in [1.29, 1.82) is 0 Å². The Bertz CT molecular complexity index is 1380. The number of hydrogen-bond donors (Lipinski definition) is 3. The molecule has 3 fully saturated rings. The summed E-state index contributed by atoms with van der Waals surface area (Å²) in [6.07, 6.45) is 5.10. The highest BCUT2D eigenvalue weighted by atomic mass is 35.5. The summed E-state index contributed by atoms with van der Waals surface area (Å²) in [5, 5.41) is 8.94. The molecule has 0 bridgehead atoms. The van der Waals surface area contributed by atoms with Crippen LogP contribution in [0.5, 0.6) is 0 Å². The number of likely N-dealkylation sites (tertiary alicyclic amines) is 1. The highest BCUT2D eigenvalue weighted by Gasteiger charge is 2.36. The maximum Gasteiger partial charge on any atom is 0.322 e. The second-order valence-electron chi connectivity index (χ2n) is 12.9. The molecule has 0 radical (unpaired) electrons. The first-order valence-corrected chi connectivity index (χ1v) is 17.8. The van der Waals surface area contributed by atoms with E-state index in [4.69, 9.17) is 17.3 Å². The van der Waals surface area contributed by atoms with E-state index in [9.17, 15) is 14.4 Å². The first-order chi connectivity index (χ1) is 21.8. The van der Waals surface area contributed by atoms with Gasteiger partial charge in [0.2, 0.25) is 11.8 Å². The third-order valence-corrected chi connectivity index (χ3v) is 11.4. The van der Waals surface area contributed by atoms with Crippen LogP contribution >= 0.6 is 22.9 Å². The van der Waals surface area contributed by atoms with E-state index in [2.05, 4.69) is 15.5 Å². The lowest BCUT2D eigenvalue weighted by Gasteiger charge is -2.42. The summed E-state index contributed by atoms with van der Waals surface area (Å²) in [4.78, 5) is 50.1. The number of piperazine rings is 1. The van der Waals surface area contributed by atoms with Gasteiger partial charge < -0.3 is 31.1 Å². The molecular weight excluding hydrogens is 610 g/mol. The summed E-state index contributed by atoms with van der Waals surface area (Å²) in [6, 6.07) is 6.44. The number of fused-ring (bicyclic) bond motifs is 1. The van der Waals surface area contributed by atoms with Crippen molar-refractivity contribution in [3.63, 3.8) is 0 Å². The first kappa shape index (κ1) is 32.1. The Kier molecular flexibility index (Phi) is 10.2. The summed E-state index contributed by atoms with van der Waals surface area (Å²) < 4.78 is 0. The van der Waals surface area contributed by atoms with Crippen molar-refractivity contribution < 1.29 is 14.4 Å². The van der Waals surface area contributed by atoms with Crippen LogP contribution < -0.4 is 16.4 Å². The van der Waals surface area contributed by atoms with Crippen LogP contribution in [0, 0.1) is 5.92 Å². The fourth-order valence-corrected chi connectivity index (χ4v) is 8.56. The summed E-state index contributed by atoms with van der Waals surface area (Å²) in [6.45, 7) is 9.02. The zero-order valence-corrected chi connectivity index (χ0v) is 27.8. The lowest BCUT2D eigenvalue weighted by molar-refractivity contribution is -0.143. The topological polar surface area (TPSA) is 114 Å². The molecule has 4 N–H and O–H groups in total. The van der Waals surface area contributed by atoms with Gasteiger partial charge in [0.25, 0.3) is 0 Å². The third kappa shape index (κ3) is 7.26. The van der Waals surface area contributed by atoms with Gasteiger partial charge in [-0.2, -0.15) is 0 Å². The summed E-state index contributed by atoms with van der Waals surface area (Å²) in [7, 11) is 0. The van der Waals surface area contributed by atoms with Gasteiger partial charge in [-0.1, -0.05) is 24.6 Å². The zero-order valence-electron chi connectivity index (χ0n) is 26.2. The molecule has 1 atom stereocenters. The second-order valence-corrected chi connectivity index (χ2v) is 14.3. The van der Waals surface area contributed by atoms with Crippen LogP contribution in [0.3, 0.4) is 0 Å². The minimum Gasteiger partial charge on any atom is -0.397 e. The predicted octanol–water partition coefficient (Wildman–Crippen LogP) is 4.03. The van der Waals surface area contributed by atoms with Gasteiger partial charge in [0.15, 0.2) is 0 Å². The van der Waals surface area contributed by atoms with Gasteiger partial charge in [0, 0.05) is 62.7 Å². The number of thiophene rings is 1. The minimum atomic E-state index is -0.477. The van der Waals surface area contributed by atoms with E-state index in [-0.39, 0.29) is 30.3 Å². The second kappa shape index (κ2) is 14.3. The van der Waals surface area contributed by atoms with E-state index in [1.807, 2.05) is 45.2 Å². The lowest BCUT2D eigenvalue weighted by Crippen LogP contribution is -2.55. The van der Waals surface area contributed by atoms with Crippen LogP contribution in [0.15, 0.2) is 23.6 Å². The standard InChI is InChI=1S/C33H46ClN7O3S/c1-2-23-17-22(19-27(34)31(23)35)18-24(32(43)40-14-12-38(13-15-40)25-3-8-36-9-4-25)20-30(42)39-10-5-26(6-11-39)41-21-29-28(7-16-45-29)37-33(41)44/h7,16-17,19,24-26,36H,2-6,8-15,18,20-21,35H2,1H3,(H,37,44)/t24-/m0/s1. The number of carbonyl (C=O) groups excluding carboxylic acids is 3. The number of carbonyl (C=O) groups is 3. The Labute approximate surface area is 275 Å². The average molecular weight is 656 g/mol. The maximum atomic E-state index is 14.1. The molecule has 0 aliphatic carbocycles. The van der Waals surface area contributed by atoms with Crippen molar-refractivity contribution in [3.05, 3.63) is 44.6 Å². The number of nitrogens with zero attached hydrogens (tertiary/aromatic N) is 4. The smallest absolute Gasteiger partial charge is 0.322 e. The van der Waals surface area contributed by atoms with E-state index in [1.54, 1.807) is 11.3 Å². The van der Waals surface area contributed by atoms with Crippen LogP contribution in [-0.2, 0) is 29.0 Å². The molecule has 3 saturated heterocycles. The number of rotatable bonds is 8. The van der Waals surface area contributed by atoms with Crippen LogP contribution in [-0.4, -0.2) is 102 Å². The van der Waals surface area contributed by atoms with Crippen molar-refractivity contribution in [2.24, 2.45) is 5.92 Å². The van der Waals surface area contributed by atoms with Crippen LogP contribution in [0.25, 0.3) is 0 Å². The number of halogens is 1. The number of amides is 4. The van der Waals surface area contributed by atoms with Gasteiger partial charge in [0.05, 0.1) is 28.9 Å². The van der Waals surface area contributed by atoms with Gasteiger partial charge in [0.1, 0.15) is 0 Å². The molecule has 4 amide bonds. The van der Waals surface area contributed by atoms with Crippen molar-refractivity contribution in [1.82, 2.24) is 24.9 Å². The number of benzene rings is 1. The van der Waals surface area contributed by atoms with E-state index in [1.165, 1.54) is 4.88 Å². The molecule has 1 aromatic heterocycles. The fourth-order valence-electron chi connectivity index (χ4n) is 7.47. The quantitative estimate of drug-likeness (QED) is 0.370. The molecule has 6 rings (SSSR count). The number of urea groups is 1. The number of piperidine rings is 2. The van der Waals surface area contributed by atoms with Gasteiger partial charge in [-0.25, -0.2) is 4.79 Å². The summed E-state index contributed by atoms with van der Waals surface area (Å²) >= 11 is 8.16. The van der Waals surface area contributed by atoms with Crippen molar-refractivity contribution in [2.75, 3.05) is 63.4 Å². The normalized spacial score (nSPS) is 21.0. The summed E-state index contributed by atoms with van der Waals surface area (Å²) in [5.41, 5.74) is 9.60. The van der Waals surface area contributed by atoms with Crippen molar-refractivity contribution in [3.8, 4) is 0 Å². The van der Waals surface area contributed by atoms with Gasteiger partial charge in [-0.05, 0) is 80.3 Å². The van der Waals surface area contributed by atoms with Crippen LogP contribution in [0.4, 0.5) is 16.2 Å². The largest absolute Gasteiger partial charge is 0.397 e. The molecule has 10 nitrogen and oxygen atoms in total. The Balaban J connectivity index is 1.10. The van der Waals surface area contributed by atoms with Crippen molar-refractivity contribution in [2.45, 2.75) is 70.5 Å². The van der Waals surface area contributed by atoms with Crippen LogP contribution in [0.1, 0.15) is 55.0 Å². The molecule has 244 valence electrons. The van der Waals surface area contributed by atoms with Gasteiger partial charge in [-0.3, -0.25) is 14.5 Å². The number of aryl methyl sites for hydroxylation is 1. The van der Waals surface area contributed by atoms with Gasteiger partial charge >= 0.3 is 6.03 Å². The molecule has 1 aromatic carbocycles. The van der Waals surface area contributed by atoms with Crippen molar-refractivity contribution >= 4 is 52.2 Å². The minimum absolute atomic E-state index is 0.000960. The molecule has 45 heavy (non-hydrogen) atoms. The number of nitrogen functional groups attached to an aromatic ring is 1. The Morgan fingerprint density at radius 1 is 1.02 bits per heavy atom. The number of anilines is 2. The zero-order chi connectivity index (χ0) is 31.5. The number of hydrogen-bond acceptors (Lipinski definition) is 7. The van der Waals surface area contributed by atoms with Gasteiger partial charge in [-0.15, -0.1) is 11.3 Å². The maximum absolute atomic E-state index is 14.1. The molecule has 2 aromatic rings. The van der Waals surface area contributed by atoms with E-state index in [0.717, 1.165) is 75.1 Å². The fraction of sp³-hybridized carbons (Fsp3) is 0.606. The van der Waals surface area contributed by atoms with E-state index in [0.29, 0.717) is 55.9 Å². The SMILES string of the molecule is CCc1cc(C[C@@H](CC(=O)N2CCC(N3Cc4sccc4NC3=O)CC2)C(=O)N2CCN(C3CCNCC3)CC2)cc(Cl)c1N. The average Bonchev–Trinajstić information content (AvgIpc) is 3.53. The highest BCUT2D eigenvalue weighted by Crippen LogP contribution is 2.32. The Morgan fingerprint density at radius 3 is 2.47 bits per heavy atom. The third-order valence-electron chi connectivity index (χ3n) is 10.2. The number of nitrogens with two attached hydrogens (primary N) is 1. The monoisotopic (exact) mass is 655 g/mol. The molecule has 0 saturated carbocycles. The van der Waals surface area contributed by atoms with Crippen LogP contribution in [0.2, 0.25) is 5.02 Å². The molecule has 0 spiro atoms. The number of nitrogens with one attached hydrogen (secondary N) is 2. The Hall–Kier alpha value is -2.86. The summed E-state index contributed by atoms with van der Waals surface area (Å²) in [5.74, 6) is -0.429. The highest BCUT2D eigenvalue weighted by molar-refractivity contribution is 7.10. The van der Waals surface area contributed by atoms with E-state index < -0.39 is 5.92 Å². The Morgan fingerprint density at radius 2 is 1.76 bits per heavy atom. The molecule has 5 heterocycles. The first-order valence-electron chi connectivity index (χ1n) is 16.5. The van der Waals surface area contributed by atoms with E-state index >= 15 is 0 Å². The molecule has 12 heteroatoms. The predicted molar refractivity (Wildman–Crippen MR) is 180 cm³/mol. The molecule has 0 unspecified atom stereocenters.